The van der Waals surface area contributed by atoms with Gasteiger partial charge in [0.1, 0.15) is 0 Å². The van der Waals surface area contributed by atoms with E-state index in [1.54, 1.807) is 36.0 Å². The fraction of sp³-hybridized carbons (Fsp3) is 0.304. The molecule has 0 atom stereocenters. The van der Waals surface area contributed by atoms with E-state index in [1.807, 2.05) is 6.07 Å². The Balaban J connectivity index is 1.32. The Bertz CT molecular complexity index is 1060. The number of carbonyl (C=O) groups excluding carboxylic acids is 2. The number of nitrogens with zero attached hydrogens (tertiary/aromatic N) is 4. The molecule has 3 aromatic rings. The molecule has 0 fully saturated rings. The van der Waals surface area contributed by atoms with Gasteiger partial charge in [0.05, 0.1) is 11.1 Å². The molecule has 1 aromatic heterocycles. The van der Waals surface area contributed by atoms with Crippen LogP contribution in [0.1, 0.15) is 46.0 Å². The van der Waals surface area contributed by atoms with Crippen LogP contribution in [0.4, 0.5) is 0 Å². The normalized spacial score (nSPS) is 13.2. The first-order valence-corrected chi connectivity index (χ1v) is 11.2. The first-order valence-electron chi connectivity index (χ1n) is 10.2. The maximum atomic E-state index is 12.4. The highest BCUT2D eigenvalue weighted by Gasteiger charge is 2.34. The van der Waals surface area contributed by atoms with E-state index in [0.717, 1.165) is 41.7 Å². The van der Waals surface area contributed by atoms with Gasteiger partial charge in [0.15, 0.2) is 11.0 Å². The number of unbranched alkanes of at least 4 members (excludes halogenated alkanes) is 1. The molecule has 0 saturated heterocycles. The van der Waals surface area contributed by atoms with Crippen molar-refractivity contribution in [1.29, 1.82) is 0 Å². The van der Waals surface area contributed by atoms with Gasteiger partial charge in [0.25, 0.3) is 11.8 Å². The molecule has 154 valence electrons. The van der Waals surface area contributed by atoms with E-state index in [2.05, 4.69) is 46.8 Å². The molecule has 4 rings (SSSR count). The van der Waals surface area contributed by atoms with E-state index >= 15 is 0 Å². The highest BCUT2D eigenvalue weighted by molar-refractivity contribution is 7.99. The fourth-order valence-electron chi connectivity index (χ4n) is 3.66. The van der Waals surface area contributed by atoms with Crippen LogP contribution in [-0.2, 0) is 6.54 Å². The Morgan fingerprint density at radius 2 is 1.67 bits per heavy atom. The van der Waals surface area contributed by atoms with Gasteiger partial charge in [-0.25, -0.2) is 0 Å². The molecule has 0 unspecified atom stereocenters. The predicted molar refractivity (Wildman–Crippen MR) is 118 cm³/mol. The minimum Gasteiger partial charge on any atom is -0.302 e. The summed E-state index contributed by atoms with van der Waals surface area (Å²) in [5.74, 6) is 1.37. The van der Waals surface area contributed by atoms with Gasteiger partial charge in [-0.05, 0) is 44.9 Å². The molecule has 0 radical (unpaired) electrons. The molecule has 6 nitrogen and oxygen atoms in total. The van der Waals surface area contributed by atoms with Gasteiger partial charge < -0.3 is 4.57 Å². The summed E-state index contributed by atoms with van der Waals surface area (Å²) >= 11 is 1.66. The molecule has 7 heteroatoms. The van der Waals surface area contributed by atoms with Gasteiger partial charge >= 0.3 is 0 Å². The van der Waals surface area contributed by atoms with Gasteiger partial charge in [-0.1, -0.05) is 47.7 Å². The van der Waals surface area contributed by atoms with Crippen molar-refractivity contribution in [3.8, 4) is 11.4 Å². The van der Waals surface area contributed by atoms with Crippen LogP contribution >= 0.6 is 11.8 Å². The fourth-order valence-corrected chi connectivity index (χ4v) is 4.66. The lowest BCUT2D eigenvalue weighted by Gasteiger charge is -2.13. The van der Waals surface area contributed by atoms with Crippen LogP contribution in [0.5, 0.6) is 0 Å². The number of hydrogen-bond acceptors (Lipinski definition) is 5. The van der Waals surface area contributed by atoms with E-state index in [1.165, 1.54) is 10.5 Å². The highest BCUT2D eigenvalue weighted by atomic mass is 32.2. The zero-order chi connectivity index (χ0) is 21.1. The van der Waals surface area contributed by atoms with Crippen LogP contribution in [0, 0.1) is 6.92 Å². The van der Waals surface area contributed by atoms with Crippen molar-refractivity contribution in [2.45, 2.75) is 38.4 Å². The number of imide groups is 1. The maximum Gasteiger partial charge on any atom is 0.261 e. The minimum atomic E-state index is -0.184. The summed E-state index contributed by atoms with van der Waals surface area (Å²) < 4.78 is 2.13. The average Bonchev–Trinajstić information content (AvgIpc) is 3.28. The third-order valence-electron chi connectivity index (χ3n) is 5.19. The maximum absolute atomic E-state index is 12.4. The summed E-state index contributed by atoms with van der Waals surface area (Å²) in [7, 11) is 0. The molecule has 2 aromatic carbocycles. The quantitative estimate of drug-likeness (QED) is 0.306. The van der Waals surface area contributed by atoms with Crippen LogP contribution in [-0.4, -0.2) is 43.8 Å². The topological polar surface area (TPSA) is 68.1 Å². The number of aromatic nitrogens is 3. The monoisotopic (exact) mass is 420 g/mol. The van der Waals surface area contributed by atoms with Crippen LogP contribution in [0.15, 0.2) is 53.7 Å². The number of carbonyl (C=O) groups is 2. The average molecular weight is 421 g/mol. The molecule has 0 aliphatic carbocycles. The van der Waals surface area contributed by atoms with E-state index in [4.69, 9.17) is 0 Å². The first-order chi connectivity index (χ1) is 14.6. The first kappa shape index (κ1) is 20.3. The van der Waals surface area contributed by atoms with Crippen molar-refractivity contribution in [2.75, 3.05) is 12.3 Å². The Labute approximate surface area is 180 Å². The van der Waals surface area contributed by atoms with Crippen molar-refractivity contribution in [2.24, 2.45) is 0 Å². The van der Waals surface area contributed by atoms with Crippen molar-refractivity contribution in [3.05, 3.63) is 65.2 Å². The predicted octanol–water partition coefficient (Wildman–Crippen LogP) is 4.44. The lowest BCUT2D eigenvalue weighted by molar-refractivity contribution is 0.0652. The SMILES string of the molecule is CCn1c(SCCCCN2C(=O)c3ccccc3C2=O)nnc1-c1cccc(C)c1. The van der Waals surface area contributed by atoms with Crippen molar-refractivity contribution in [1.82, 2.24) is 19.7 Å². The number of aryl methyl sites for hydroxylation is 1. The third kappa shape index (κ3) is 3.89. The van der Waals surface area contributed by atoms with E-state index in [9.17, 15) is 9.59 Å². The summed E-state index contributed by atoms with van der Waals surface area (Å²) in [6.45, 7) is 5.41. The van der Waals surface area contributed by atoms with Crippen molar-refractivity contribution < 1.29 is 9.59 Å². The number of benzene rings is 2. The van der Waals surface area contributed by atoms with Crippen molar-refractivity contribution in [3.63, 3.8) is 0 Å². The number of amides is 2. The second-order valence-electron chi connectivity index (χ2n) is 7.28. The lowest BCUT2D eigenvalue weighted by atomic mass is 10.1. The van der Waals surface area contributed by atoms with Gasteiger partial charge in [-0.15, -0.1) is 10.2 Å². The molecule has 0 N–H and O–H groups in total. The summed E-state index contributed by atoms with van der Waals surface area (Å²) in [5.41, 5.74) is 3.29. The van der Waals surface area contributed by atoms with Gasteiger partial charge in [-0.3, -0.25) is 14.5 Å². The standard InChI is InChI=1S/C23H24N4O2S/c1-3-26-20(17-10-8-9-16(2)15-17)24-25-23(26)30-14-7-6-13-27-21(28)18-11-4-5-12-19(18)22(27)29/h4-5,8-12,15H,3,6-7,13-14H2,1-2H3. The summed E-state index contributed by atoms with van der Waals surface area (Å²) in [6.07, 6.45) is 1.65. The molecule has 2 amide bonds. The molecule has 2 heterocycles. The Morgan fingerprint density at radius 3 is 2.33 bits per heavy atom. The second kappa shape index (κ2) is 8.83. The van der Waals surface area contributed by atoms with E-state index < -0.39 is 0 Å². The number of fused-ring (bicyclic) bond motifs is 1. The summed E-state index contributed by atoms with van der Waals surface area (Å²) in [6, 6.07) is 15.3. The number of rotatable bonds is 8. The molecule has 1 aliphatic rings. The zero-order valence-corrected chi connectivity index (χ0v) is 18.0. The minimum absolute atomic E-state index is 0.184. The van der Waals surface area contributed by atoms with Crippen LogP contribution in [0.25, 0.3) is 11.4 Å². The summed E-state index contributed by atoms with van der Waals surface area (Å²) in [4.78, 5) is 26.2. The molecule has 30 heavy (non-hydrogen) atoms. The Hall–Kier alpha value is -2.93. The van der Waals surface area contributed by atoms with E-state index in [0.29, 0.717) is 17.7 Å². The van der Waals surface area contributed by atoms with Gasteiger partial charge in [-0.2, -0.15) is 0 Å². The van der Waals surface area contributed by atoms with Crippen LogP contribution in [0.2, 0.25) is 0 Å². The molecular formula is C23H24N4O2S. The summed E-state index contributed by atoms with van der Waals surface area (Å²) in [5, 5.41) is 9.67. The van der Waals surface area contributed by atoms with E-state index in [-0.39, 0.29) is 11.8 Å². The molecule has 0 bridgehead atoms. The number of thioether (sulfide) groups is 1. The molecular weight excluding hydrogens is 396 g/mol. The smallest absolute Gasteiger partial charge is 0.261 e. The molecule has 1 aliphatic heterocycles. The zero-order valence-electron chi connectivity index (χ0n) is 17.2. The lowest BCUT2D eigenvalue weighted by Crippen LogP contribution is -2.30. The van der Waals surface area contributed by atoms with Crippen LogP contribution in [0.3, 0.4) is 0 Å². The third-order valence-corrected chi connectivity index (χ3v) is 6.25. The number of hydrogen-bond donors (Lipinski definition) is 0. The van der Waals surface area contributed by atoms with Gasteiger partial charge in [0, 0.05) is 24.4 Å². The molecule has 0 saturated carbocycles. The Kier molecular flexibility index (Phi) is 5.99. The largest absolute Gasteiger partial charge is 0.302 e. The molecule has 0 spiro atoms. The Morgan fingerprint density at radius 1 is 0.933 bits per heavy atom. The second-order valence-corrected chi connectivity index (χ2v) is 8.35. The van der Waals surface area contributed by atoms with Gasteiger partial charge in [0.2, 0.25) is 0 Å². The highest BCUT2D eigenvalue weighted by Crippen LogP contribution is 2.26. The van der Waals surface area contributed by atoms with Crippen molar-refractivity contribution >= 4 is 23.6 Å². The van der Waals surface area contributed by atoms with Crippen LogP contribution < -0.4 is 0 Å².